The standard InChI is InChI=1S/C12H24N6O2/c1-6-13-10-14-11(17(2)3)16-12(15-10)18(4)7-9(19)8-20-5/h9,19H,6-8H2,1-5H3,(H,13,14,15,16). The largest absolute Gasteiger partial charge is 0.389 e. The molecule has 0 fully saturated rings. The molecule has 20 heavy (non-hydrogen) atoms. The molecule has 114 valence electrons. The fraction of sp³-hybridized carbons (Fsp3) is 0.750. The Bertz CT molecular complexity index is 415. The van der Waals surface area contributed by atoms with Crippen LogP contribution < -0.4 is 15.1 Å². The van der Waals surface area contributed by atoms with Gasteiger partial charge in [0.05, 0.1) is 12.7 Å². The zero-order valence-electron chi connectivity index (χ0n) is 12.8. The van der Waals surface area contributed by atoms with Gasteiger partial charge in [-0.15, -0.1) is 0 Å². The fourth-order valence-corrected chi connectivity index (χ4v) is 1.60. The molecule has 1 rings (SSSR count). The maximum absolute atomic E-state index is 9.77. The van der Waals surface area contributed by atoms with E-state index >= 15 is 0 Å². The van der Waals surface area contributed by atoms with Crippen LogP contribution in [-0.4, -0.2) is 74.1 Å². The summed E-state index contributed by atoms with van der Waals surface area (Å²) in [5.74, 6) is 1.60. The highest BCUT2D eigenvalue weighted by Gasteiger charge is 2.14. The van der Waals surface area contributed by atoms with Gasteiger partial charge in [0.2, 0.25) is 17.8 Å². The summed E-state index contributed by atoms with van der Waals surface area (Å²) >= 11 is 0. The van der Waals surface area contributed by atoms with Gasteiger partial charge in [-0.1, -0.05) is 0 Å². The van der Waals surface area contributed by atoms with E-state index in [0.717, 1.165) is 6.54 Å². The van der Waals surface area contributed by atoms with Crippen molar-refractivity contribution in [3.63, 3.8) is 0 Å². The zero-order chi connectivity index (χ0) is 15.1. The molecule has 0 bridgehead atoms. The van der Waals surface area contributed by atoms with E-state index in [1.54, 1.807) is 12.0 Å². The summed E-state index contributed by atoms with van der Waals surface area (Å²) in [7, 11) is 7.12. The second-order valence-electron chi connectivity index (χ2n) is 4.67. The lowest BCUT2D eigenvalue weighted by Crippen LogP contribution is -2.33. The van der Waals surface area contributed by atoms with Crippen LogP contribution >= 0.6 is 0 Å². The lowest BCUT2D eigenvalue weighted by Gasteiger charge is -2.22. The number of aromatic nitrogens is 3. The number of methoxy groups -OCH3 is 1. The zero-order valence-corrected chi connectivity index (χ0v) is 12.8. The number of likely N-dealkylation sites (N-methyl/N-ethyl adjacent to an activating group) is 1. The molecule has 0 spiro atoms. The van der Waals surface area contributed by atoms with Gasteiger partial charge >= 0.3 is 0 Å². The fourth-order valence-electron chi connectivity index (χ4n) is 1.60. The highest BCUT2D eigenvalue weighted by atomic mass is 16.5. The molecule has 0 aliphatic rings. The Hall–Kier alpha value is -1.67. The predicted molar refractivity (Wildman–Crippen MR) is 79.5 cm³/mol. The maximum atomic E-state index is 9.77. The third-order valence-corrected chi connectivity index (χ3v) is 2.53. The van der Waals surface area contributed by atoms with E-state index in [1.165, 1.54) is 0 Å². The van der Waals surface area contributed by atoms with Gasteiger partial charge in [-0.3, -0.25) is 0 Å². The third-order valence-electron chi connectivity index (χ3n) is 2.53. The Labute approximate surface area is 119 Å². The quantitative estimate of drug-likeness (QED) is 0.679. The second-order valence-corrected chi connectivity index (χ2v) is 4.67. The minimum Gasteiger partial charge on any atom is -0.389 e. The minimum atomic E-state index is -0.591. The first-order chi connectivity index (χ1) is 9.47. The van der Waals surface area contributed by atoms with Crippen molar-refractivity contribution in [1.29, 1.82) is 0 Å². The van der Waals surface area contributed by atoms with Gasteiger partial charge in [-0.25, -0.2) is 0 Å². The molecule has 0 saturated heterocycles. The molecule has 0 radical (unpaired) electrons. The van der Waals surface area contributed by atoms with E-state index in [0.29, 0.717) is 24.4 Å². The highest BCUT2D eigenvalue weighted by Crippen LogP contribution is 2.14. The molecule has 1 aromatic rings. The molecule has 0 aliphatic heterocycles. The van der Waals surface area contributed by atoms with Crippen LogP contribution in [0.5, 0.6) is 0 Å². The van der Waals surface area contributed by atoms with Gasteiger partial charge in [-0.05, 0) is 6.92 Å². The second kappa shape index (κ2) is 7.81. The number of hydrogen-bond acceptors (Lipinski definition) is 8. The van der Waals surface area contributed by atoms with Gasteiger partial charge in [0, 0.05) is 41.3 Å². The molecule has 1 aromatic heterocycles. The first kappa shape index (κ1) is 16.4. The summed E-state index contributed by atoms with van der Waals surface area (Å²) in [4.78, 5) is 16.6. The summed E-state index contributed by atoms with van der Waals surface area (Å²) in [6, 6.07) is 0. The SMILES string of the molecule is CCNc1nc(N(C)C)nc(N(C)CC(O)COC)n1. The van der Waals surface area contributed by atoms with E-state index < -0.39 is 6.10 Å². The Balaban J connectivity index is 2.91. The number of rotatable bonds is 8. The van der Waals surface area contributed by atoms with Crippen LogP contribution in [-0.2, 0) is 4.74 Å². The summed E-state index contributed by atoms with van der Waals surface area (Å²) < 4.78 is 4.91. The van der Waals surface area contributed by atoms with Crippen molar-refractivity contribution in [3.8, 4) is 0 Å². The van der Waals surface area contributed by atoms with Crippen LogP contribution in [0.3, 0.4) is 0 Å². The van der Waals surface area contributed by atoms with Crippen molar-refractivity contribution < 1.29 is 9.84 Å². The number of hydrogen-bond donors (Lipinski definition) is 2. The van der Waals surface area contributed by atoms with E-state index in [9.17, 15) is 5.11 Å². The highest BCUT2D eigenvalue weighted by molar-refractivity contribution is 5.44. The summed E-state index contributed by atoms with van der Waals surface area (Å²) in [5.41, 5.74) is 0. The van der Waals surface area contributed by atoms with Crippen molar-refractivity contribution in [2.75, 3.05) is 63.1 Å². The lowest BCUT2D eigenvalue weighted by atomic mass is 10.3. The van der Waals surface area contributed by atoms with Crippen molar-refractivity contribution in [2.45, 2.75) is 13.0 Å². The molecule has 1 heterocycles. The van der Waals surface area contributed by atoms with Gasteiger partial charge in [0.15, 0.2) is 0 Å². The van der Waals surface area contributed by atoms with Crippen molar-refractivity contribution in [3.05, 3.63) is 0 Å². The first-order valence-electron chi connectivity index (χ1n) is 6.53. The molecule has 0 aliphatic carbocycles. The van der Waals surface area contributed by atoms with Crippen LogP contribution in [0.2, 0.25) is 0 Å². The van der Waals surface area contributed by atoms with E-state index in [1.807, 2.05) is 33.0 Å². The molecule has 2 N–H and O–H groups in total. The van der Waals surface area contributed by atoms with Crippen molar-refractivity contribution in [1.82, 2.24) is 15.0 Å². The van der Waals surface area contributed by atoms with Crippen molar-refractivity contribution in [2.24, 2.45) is 0 Å². The monoisotopic (exact) mass is 284 g/mol. The van der Waals surface area contributed by atoms with Crippen LogP contribution in [0.1, 0.15) is 6.92 Å². The first-order valence-corrected chi connectivity index (χ1v) is 6.53. The van der Waals surface area contributed by atoms with Gasteiger partial charge in [0.25, 0.3) is 0 Å². The number of aliphatic hydroxyl groups excluding tert-OH is 1. The number of ether oxygens (including phenoxy) is 1. The Morgan fingerprint density at radius 1 is 1.20 bits per heavy atom. The van der Waals surface area contributed by atoms with Crippen molar-refractivity contribution >= 4 is 17.8 Å². The molecule has 8 heteroatoms. The van der Waals surface area contributed by atoms with Crippen LogP contribution in [0.25, 0.3) is 0 Å². The molecule has 0 aromatic carbocycles. The average molecular weight is 284 g/mol. The lowest BCUT2D eigenvalue weighted by molar-refractivity contribution is 0.0693. The topological polar surface area (TPSA) is 86.6 Å². The summed E-state index contributed by atoms with van der Waals surface area (Å²) in [5, 5.41) is 12.8. The molecular formula is C12H24N6O2. The summed E-state index contributed by atoms with van der Waals surface area (Å²) in [6.45, 7) is 3.36. The molecular weight excluding hydrogens is 260 g/mol. The van der Waals surface area contributed by atoms with E-state index in [4.69, 9.17) is 4.74 Å². The Morgan fingerprint density at radius 3 is 2.40 bits per heavy atom. The van der Waals surface area contributed by atoms with Crippen LogP contribution in [0.15, 0.2) is 0 Å². The molecule has 1 unspecified atom stereocenters. The van der Waals surface area contributed by atoms with E-state index in [2.05, 4.69) is 20.3 Å². The summed E-state index contributed by atoms with van der Waals surface area (Å²) in [6.07, 6.45) is -0.591. The van der Waals surface area contributed by atoms with Gasteiger partial charge in [0.1, 0.15) is 0 Å². The molecule has 8 nitrogen and oxygen atoms in total. The van der Waals surface area contributed by atoms with E-state index in [-0.39, 0.29) is 6.61 Å². The predicted octanol–water partition coefficient (Wildman–Crippen LogP) is -0.187. The molecule has 0 saturated carbocycles. The third kappa shape index (κ3) is 4.78. The number of nitrogens with zero attached hydrogens (tertiary/aromatic N) is 5. The smallest absolute Gasteiger partial charge is 0.231 e. The van der Waals surface area contributed by atoms with Gasteiger partial charge < -0.3 is 25.0 Å². The number of nitrogens with one attached hydrogen (secondary N) is 1. The molecule has 1 atom stereocenters. The number of aliphatic hydroxyl groups is 1. The normalized spacial score (nSPS) is 12.1. The average Bonchev–Trinajstić information content (AvgIpc) is 2.38. The Morgan fingerprint density at radius 2 is 1.85 bits per heavy atom. The molecule has 0 amide bonds. The Kier molecular flexibility index (Phi) is 6.40. The van der Waals surface area contributed by atoms with Crippen LogP contribution in [0, 0.1) is 0 Å². The number of anilines is 3. The van der Waals surface area contributed by atoms with Crippen LogP contribution in [0.4, 0.5) is 17.8 Å². The maximum Gasteiger partial charge on any atom is 0.231 e. The van der Waals surface area contributed by atoms with Gasteiger partial charge in [-0.2, -0.15) is 15.0 Å². The minimum absolute atomic E-state index is 0.274.